The highest BCUT2D eigenvalue weighted by Crippen LogP contribution is 2.24. The highest BCUT2D eigenvalue weighted by atomic mass is 16.5. The molecule has 94 valence electrons. The summed E-state index contributed by atoms with van der Waals surface area (Å²) in [6.45, 7) is 2.84. The third-order valence-electron chi connectivity index (χ3n) is 2.66. The van der Waals surface area contributed by atoms with Crippen LogP contribution in [0.15, 0.2) is 24.3 Å². The minimum Gasteiger partial charge on any atom is -0.496 e. The van der Waals surface area contributed by atoms with Gasteiger partial charge in [0.05, 0.1) is 7.11 Å². The van der Waals surface area contributed by atoms with Gasteiger partial charge in [-0.15, -0.1) is 0 Å². The van der Waals surface area contributed by atoms with Gasteiger partial charge in [0.15, 0.2) is 0 Å². The van der Waals surface area contributed by atoms with Gasteiger partial charge in [0.25, 0.3) is 0 Å². The Hall–Kier alpha value is -1.55. The fourth-order valence-corrected chi connectivity index (χ4v) is 1.72. The van der Waals surface area contributed by atoms with E-state index in [-0.39, 0.29) is 11.9 Å². The number of ether oxygens (including phenoxy) is 1. The highest BCUT2D eigenvalue weighted by Gasteiger charge is 2.09. The van der Waals surface area contributed by atoms with Crippen molar-refractivity contribution in [2.24, 2.45) is 5.73 Å². The Morgan fingerprint density at radius 1 is 1.47 bits per heavy atom. The van der Waals surface area contributed by atoms with Gasteiger partial charge in [0.2, 0.25) is 5.91 Å². The number of methoxy groups -OCH3 is 1. The van der Waals surface area contributed by atoms with Crippen LogP contribution in [-0.4, -0.2) is 19.6 Å². The molecule has 4 heteroatoms. The minimum absolute atomic E-state index is 0.194. The molecular formula is C13H20N2O2. The van der Waals surface area contributed by atoms with Crippen LogP contribution in [0, 0.1) is 0 Å². The Morgan fingerprint density at radius 2 is 2.18 bits per heavy atom. The Labute approximate surface area is 102 Å². The predicted molar refractivity (Wildman–Crippen MR) is 67.8 cm³/mol. The number of carbonyl (C=O) groups excluding carboxylic acids is 1. The van der Waals surface area contributed by atoms with E-state index in [1.807, 2.05) is 24.3 Å². The number of hydrogen-bond acceptors (Lipinski definition) is 3. The molecular weight excluding hydrogens is 216 g/mol. The molecule has 1 atom stereocenters. The molecule has 1 aromatic carbocycles. The highest BCUT2D eigenvalue weighted by molar-refractivity contribution is 5.73. The number of hydrogen-bond donors (Lipinski definition) is 2. The SMILES string of the molecule is COc1ccccc1C(C)NCCCC(N)=O. The lowest BCUT2D eigenvalue weighted by molar-refractivity contribution is -0.118. The van der Waals surface area contributed by atoms with Crippen molar-refractivity contribution >= 4 is 5.91 Å². The molecule has 0 radical (unpaired) electrons. The summed E-state index contributed by atoms with van der Waals surface area (Å²) in [5.74, 6) is 0.624. The molecule has 1 amide bonds. The third kappa shape index (κ3) is 4.44. The van der Waals surface area contributed by atoms with E-state index < -0.39 is 0 Å². The molecule has 0 aromatic heterocycles. The summed E-state index contributed by atoms with van der Waals surface area (Å²) in [6, 6.07) is 8.10. The second-order valence-corrected chi connectivity index (χ2v) is 3.99. The Kier molecular flexibility index (Phi) is 5.49. The Balaban J connectivity index is 2.46. The van der Waals surface area contributed by atoms with Crippen molar-refractivity contribution < 1.29 is 9.53 Å². The van der Waals surface area contributed by atoms with E-state index in [2.05, 4.69) is 12.2 Å². The topological polar surface area (TPSA) is 64.3 Å². The van der Waals surface area contributed by atoms with Crippen molar-refractivity contribution in [1.29, 1.82) is 0 Å². The van der Waals surface area contributed by atoms with Crippen LogP contribution in [0.1, 0.15) is 31.4 Å². The number of nitrogens with two attached hydrogens (primary N) is 1. The van der Waals surface area contributed by atoms with Gasteiger partial charge in [-0.3, -0.25) is 4.79 Å². The van der Waals surface area contributed by atoms with Crippen molar-refractivity contribution in [3.05, 3.63) is 29.8 Å². The van der Waals surface area contributed by atoms with Gasteiger partial charge in [-0.05, 0) is 26.0 Å². The van der Waals surface area contributed by atoms with Crippen LogP contribution in [0.25, 0.3) is 0 Å². The van der Waals surface area contributed by atoms with Crippen molar-refractivity contribution in [3.8, 4) is 5.75 Å². The lowest BCUT2D eigenvalue weighted by Crippen LogP contribution is -2.22. The first-order valence-corrected chi connectivity index (χ1v) is 5.79. The molecule has 0 spiro atoms. The summed E-state index contributed by atoms with van der Waals surface area (Å²) in [6.07, 6.45) is 1.18. The minimum atomic E-state index is -0.253. The van der Waals surface area contributed by atoms with Crippen LogP contribution in [0.4, 0.5) is 0 Å². The molecule has 1 rings (SSSR count). The number of primary amides is 1. The van der Waals surface area contributed by atoms with Gasteiger partial charge in [-0.1, -0.05) is 18.2 Å². The van der Waals surface area contributed by atoms with E-state index in [1.54, 1.807) is 7.11 Å². The average Bonchev–Trinajstić information content (AvgIpc) is 2.34. The number of amides is 1. The van der Waals surface area contributed by atoms with Crippen LogP contribution in [-0.2, 0) is 4.79 Å². The number of carbonyl (C=O) groups is 1. The molecule has 4 nitrogen and oxygen atoms in total. The van der Waals surface area contributed by atoms with Gasteiger partial charge in [-0.25, -0.2) is 0 Å². The molecule has 0 aliphatic rings. The fourth-order valence-electron chi connectivity index (χ4n) is 1.72. The average molecular weight is 236 g/mol. The number of benzene rings is 1. The van der Waals surface area contributed by atoms with Crippen molar-refractivity contribution in [1.82, 2.24) is 5.32 Å². The smallest absolute Gasteiger partial charge is 0.217 e. The molecule has 0 heterocycles. The Morgan fingerprint density at radius 3 is 2.82 bits per heavy atom. The largest absolute Gasteiger partial charge is 0.496 e. The van der Waals surface area contributed by atoms with Gasteiger partial charge in [-0.2, -0.15) is 0 Å². The second kappa shape index (κ2) is 6.91. The van der Waals surface area contributed by atoms with Crippen molar-refractivity contribution in [2.75, 3.05) is 13.7 Å². The molecule has 1 unspecified atom stereocenters. The van der Waals surface area contributed by atoms with Gasteiger partial charge < -0.3 is 15.8 Å². The molecule has 17 heavy (non-hydrogen) atoms. The van der Waals surface area contributed by atoms with Gasteiger partial charge in [0, 0.05) is 18.0 Å². The van der Waals surface area contributed by atoms with E-state index in [1.165, 1.54) is 0 Å². The summed E-state index contributed by atoms with van der Waals surface area (Å²) in [4.78, 5) is 10.6. The van der Waals surface area contributed by atoms with E-state index in [0.717, 1.165) is 24.3 Å². The number of rotatable bonds is 7. The van der Waals surface area contributed by atoms with Gasteiger partial charge in [0.1, 0.15) is 5.75 Å². The summed E-state index contributed by atoms with van der Waals surface area (Å²) in [5.41, 5.74) is 6.20. The maximum Gasteiger partial charge on any atom is 0.217 e. The molecule has 3 N–H and O–H groups in total. The zero-order valence-corrected chi connectivity index (χ0v) is 10.4. The lowest BCUT2D eigenvalue weighted by Gasteiger charge is -2.16. The van der Waals surface area contributed by atoms with E-state index in [4.69, 9.17) is 10.5 Å². The van der Waals surface area contributed by atoms with E-state index in [9.17, 15) is 4.79 Å². The van der Waals surface area contributed by atoms with Crippen LogP contribution >= 0.6 is 0 Å². The molecule has 0 bridgehead atoms. The first-order chi connectivity index (χ1) is 8.15. The van der Waals surface area contributed by atoms with Crippen molar-refractivity contribution in [2.45, 2.75) is 25.8 Å². The summed E-state index contributed by atoms with van der Waals surface area (Å²) >= 11 is 0. The fraction of sp³-hybridized carbons (Fsp3) is 0.462. The maximum atomic E-state index is 10.6. The normalized spacial score (nSPS) is 12.1. The quantitative estimate of drug-likeness (QED) is 0.707. The second-order valence-electron chi connectivity index (χ2n) is 3.99. The molecule has 0 fully saturated rings. The number of para-hydroxylation sites is 1. The monoisotopic (exact) mass is 236 g/mol. The van der Waals surface area contributed by atoms with Gasteiger partial charge >= 0.3 is 0 Å². The maximum absolute atomic E-state index is 10.6. The Bertz CT molecular complexity index is 366. The molecule has 0 saturated heterocycles. The summed E-state index contributed by atoms with van der Waals surface area (Å²) in [5, 5.41) is 3.34. The first kappa shape index (κ1) is 13.5. The first-order valence-electron chi connectivity index (χ1n) is 5.79. The van der Waals surface area contributed by atoms with Crippen LogP contribution in [0.5, 0.6) is 5.75 Å². The third-order valence-corrected chi connectivity index (χ3v) is 2.66. The van der Waals surface area contributed by atoms with E-state index >= 15 is 0 Å². The van der Waals surface area contributed by atoms with Crippen LogP contribution in [0.2, 0.25) is 0 Å². The molecule has 0 saturated carbocycles. The summed E-state index contributed by atoms with van der Waals surface area (Å²) in [7, 11) is 1.67. The van der Waals surface area contributed by atoms with Crippen LogP contribution in [0.3, 0.4) is 0 Å². The van der Waals surface area contributed by atoms with Crippen LogP contribution < -0.4 is 15.8 Å². The standard InChI is InChI=1S/C13H20N2O2/c1-10(15-9-5-8-13(14)16)11-6-3-4-7-12(11)17-2/h3-4,6-7,10,15H,5,8-9H2,1-2H3,(H2,14,16). The van der Waals surface area contributed by atoms with Crippen molar-refractivity contribution in [3.63, 3.8) is 0 Å². The lowest BCUT2D eigenvalue weighted by atomic mass is 10.1. The zero-order chi connectivity index (χ0) is 12.7. The predicted octanol–water partition coefficient (Wildman–Crippen LogP) is 1.61. The molecule has 0 aliphatic heterocycles. The molecule has 0 aliphatic carbocycles. The zero-order valence-electron chi connectivity index (χ0n) is 10.4. The van der Waals surface area contributed by atoms with E-state index in [0.29, 0.717) is 6.42 Å². The summed E-state index contributed by atoms with van der Waals surface area (Å²) < 4.78 is 5.30. The number of nitrogens with one attached hydrogen (secondary N) is 1. The molecule has 1 aromatic rings.